The van der Waals surface area contributed by atoms with Gasteiger partial charge in [0.05, 0.1) is 10.0 Å². The first-order valence-electron chi connectivity index (χ1n) is 7.21. The van der Waals surface area contributed by atoms with Gasteiger partial charge in [-0.1, -0.05) is 43.1 Å². The monoisotopic (exact) mass is 299 g/mol. The van der Waals surface area contributed by atoms with Crippen LogP contribution in [0.3, 0.4) is 0 Å². The minimum atomic E-state index is 0.650. The second-order valence-electron chi connectivity index (χ2n) is 6.09. The fourth-order valence-corrected chi connectivity index (χ4v) is 3.21. The Morgan fingerprint density at radius 1 is 1.16 bits per heavy atom. The lowest BCUT2D eigenvalue weighted by molar-refractivity contribution is 0.167. The van der Waals surface area contributed by atoms with Crippen molar-refractivity contribution in [2.75, 3.05) is 19.6 Å². The van der Waals surface area contributed by atoms with Gasteiger partial charge in [0, 0.05) is 6.54 Å². The van der Waals surface area contributed by atoms with Crippen molar-refractivity contribution in [2.24, 2.45) is 11.8 Å². The maximum Gasteiger partial charge on any atom is 0.0595 e. The Morgan fingerprint density at radius 3 is 2.42 bits per heavy atom. The fraction of sp³-hybridized carbons (Fsp3) is 0.625. The molecule has 0 radical (unpaired) electrons. The van der Waals surface area contributed by atoms with Gasteiger partial charge in [-0.2, -0.15) is 0 Å². The molecule has 0 unspecified atom stereocenters. The standard InChI is InChI=1S/C16H23Cl2N/c1-12(2)11-19-7-5-13(6-8-19)9-14-3-4-15(17)16(18)10-14/h3-4,10,12-13H,5-9,11H2,1-2H3. The van der Waals surface area contributed by atoms with Gasteiger partial charge in [0.15, 0.2) is 0 Å². The van der Waals surface area contributed by atoms with Crippen LogP contribution in [0.25, 0.3) is 0 Å². The zero-order valence-corrected chi connectivity index (χ0v) is 13.3. The molecule has 0 bridgehead atoms. The smallest absolute Gasteiger partial charge is 0.0595 e. The Morgan fingerprint density at radius 2 is 1.84 bits per heavy atom. The fourth-order valence-electron chi connectivity index (χ4n) is 2.89. The third kappa shape index (κ3) is 4.66. The molecular weight excluding hydrogens is 277 g/mol. The van der Waals surface area contributed by atoms with E-state index in [0.29, 0.717) is 10.0 Å². The van der Waals surface area contributed by atoms with Crippen LogP contribution in [0, 0.1) is 11.8 Å². The van der Waals surface area contributed by atoms with E-state index >= 15 is 0 Å². The van der Waals surface area contributed by atoms with Crippen LogP contribution in [0.5, 0.6) is 0 Å². The number of hydrogen-bond donors (Lipinski definition) is 0. The summed E-state index contributed by atoms with van der Waals surface area (Å²) in [6.45, 7) is 8.30. The molecule has 1 aromatic carbocycles. The maximum atomic E-state index is 6.07. The van der Waals surface area contributed by atoms with Crippen LogP contribution in [0.15, 0.2) is 18.2 Å². The second-order valence-corrected chi connectivity index (χ2v) is 6.90. The molecule has 1 aromatic rings. The van der Waals surface area contributed by atoms with E-state index in [0.717, 1.165) is 18.3 Å². The van der Waals surface area contributed by atoms with E-state index in [2.05, 4.69) is 24.8 Å². The topological polar surface area (TPSA) is 3.24 Å². The lowest BCUT2D eigenvalue weighted by Crippen LogP contribution is -2.36. The predicted octanol–water partition coefficient (Wildman–Crippen LogP) is 4.90. The highest BCUT2D eigenvalue weighted by Crippen LogP contribution is 2.27. The van der Waals surface area contributed by atoms with Crippen molar-refractivity contribution in [1.29, 1.82) is 0 Å². The quantitative estimate of drug-likeness (QED) is 0.764. The number of likely N-dealkylation sites (tertiary alicyclic amines) is 1. The summed E-state index contributed by atoms with van der Waals surface area (Å²) in [5.74, 6) is 1.56. The SMILES string of the molecule is CC(C)CN1CCC(Cc2ccc(Cl)c(Cl)c2)CC1. The van der Waals surface area contributed by atoms with Gasteiger partial charge in [-0.15, -0.1) is 0 Å². The minimum Gasteiger partial charge on any atom is -0.303 e. The van der Waals surface area contributed by atoms with Crippen LogP contribution in [0.1, 0.15) is 32.3 Å². The molecule has 1 nitrogen and oxygen atoms in total. The van der Waals surface area contributed by atoms with E-state index < -0.39 is 0 Å². The normalized spacial score (nSPS) is 18.2. The molecule has 0 amide bonds. The Hall–Kier alpha value is -0.240. The lowest BCUT2D eigenvalue weighted by atomic mass is 9.90. The van der Waals surface area contributed by atoms with Crippen molar-refractivity contribution in [3.05, 3.63) is 33.8 Å². The van der Waals surface area contributed by atoms with Gasteiger partial charge in [0.25, 0.3) is 0 Å². The predicted molar refractivity (Wildman–Crippen MR) is 84.2 cm³/mol. The largest absolute Gasteiger partial charge is 0.303 e. The Labute approximate surface area is 126 Å². The number of halogens is 2. The van der Waals surface area contributed by atoms with Crippen LogP contribution in [0.4, 0.5) is 0 Å². The molecule has 1 aliphatic rings. The van der Waals surface area contributed by atoms with E-state index in [1.807, 2.05) is 12.1 Å². The average molecular weight is 300 g/mol. The Kier molecular flexibility index (Phi) is 5.56. The molecule has 3 heteroatoms. The molecule has 1 saturated heterocycles. The molecule has 0 atom stereocenters. The first-order valence-corrected chi connectivity index (χ1v) is 7.96. The number of hydrogen-bond acceptors (Lipinski definition) is 1. The summed E-state index contributed by atoms with van der Waals surface area (Å²) in [5.41, 5.74) is 1.32. The van der Waals surface area contributed by atoms with Crippen LogP contribution in [0.2, 0.25) is 10.0 Å². The third-order valence-electron chi connectivity index (χ3n) is 3.84. The summed E-state index contributed by atoms with van der Waals surface area (Å²) in [4.78, 5) is 2.59. The molecule has 1 aliphatic heterocycles. The number of nitrogens with zero attached hydrogens (tertiary/aromatic N) is 1. The van der Waals surface area contributed by atoms with Crippen molar-refractivity contribution >= 4 is 23.2 Å². The van der Waals surface area contributed by atoms with Crippen LogP contribution in [-0.4, -0.2) is 24.5 Å². The Bertz CT molecular complexity index is 409. The maximum absolute atomic E-state index is 6.07. The molecule has 0 saturated carbocycles. The van der Waals surface area contributed by atoms with Crippen molar-refractivity contribution in [3.8, 4) is 0 Å². The van der Waals surface area contributed by atoms with E-state index in [1.54, 1.807) is 0 Å². The number of piperidine rings is 1. The van der Waals surface area contributed by atoms with E-state index in [4.69, 9.17) is 23.2 Å². The number of benzene rings is 1. The van der Waals surface area contributed by atoms with Crippen molar-refractivity contribution in [2.45, 2.75) is 33.1 Å². The highest BCUT2D eigenvalue weighted by atomic mass is 35.5. The average Bonchev–Trinajstić information content (AvgIpc) is 2.36. The van der Waals surface area contributed by atoms with E-state index in [9.17, 15) is 0 Å². The summed E-state index contributed by atoms with van der Waals surface area (Å²) in [5, 5.41) is 1.33. The first kappa shape index (κ1) is 15.2. The molecule has 2 rings (SSSR count). The van der Waals surface area contributed by atoms with E-state index in [-0.39, 0.29) is 0 Å². The third-order valence-corrected chi connectivity index (χ3v) is 4.58. The highest BCUT2D eigenvalue weighted by Gasteiger charge is 2.20. The zero-order valence-electron chi connectivity index (χ0n) is 11.8. The summed E-state index contributed by atoms with van der Waals surface area (Å²) < 4.78 is 0. The molecule has 19 heavy (non-hydrogen) atoms. The molecule has 0 spiro atoms. The molecule has 0 aliphatic carbocycles. The summed E-state index contributed by atoms with van der Waals surface area (Å²) in [6.07, 6.45) is 3.73. The van der Waals surface area contributed by atoms with Gasteiger partial charge in [-0.3, -0.25) is 0 Å². The summed E-state index contributed by atoms with van der Waals surface area (Å²) in [6, 6.07) is 6.03. The summed E-state index contributed by atoms with van der Waals surface area (Å²) >= 11 is 12.0. The molecule has 0 N–H and O–H groups in total. The molecular formula is C16H23Cl2N. The van der Waals surface area contributed by atoms with Gasteiger partial charge < -0.3 is 4.90 Å². The van der Waals surface area contributed by atoms with Gasteiger partial charge >= 0.3 is 0 Å². The molecule has 0 aromatic heterocycles. The molecule has 106 valence electrons. The minimum absolute atomic E-state index is 0.650. The van der Waals surface area contributed by atoms with Crippen LogP contribution < -0.4 is 0 Å². The van der Waals surface area contributed by atoms with Gasteiger partial charge in [-0.05, 0) is 61.9 Å². The Balaban J connectivity index is 1.83. The van der Waals surface area contributed by atoms with Gasteiger partial charge in [-0.25, -0.2) is 0 Å². The van der Waals surface area contributed by atoms with Crippen molar-refractivity contribution in [3.63, 3.8) is 0 Å². The second kappa shape index (κ2) is 6.97. The molecule has 1 heterocycles. The van der Waals surface area contributed by atoms with Gasteiger partial charge in [0.1, 0.15) is 0 Å². The number of rotatable bonds is 4. The van der Waals surface area contributed by atoms with Crippen molar-refractivity contribution in [1.82, 2.24) is 4.90 Å². The molecule has 1 fully saturated rings. The zero-order chi connectivity index (χ0) is 13.8. The van der Waals surface area contributed by atoms with E-state index in [1.165, 1.54) is 38.0 Å². The van der Waals surface area contributed by atoms with Crippen molar-refractivity contribution < 1.29 is 0 Å². The van der Waals surface area contributed by atoms with Gasteiger partial charge in [0.2, 0.25) is 0 Å². The van der Waals surface area contributed by atoms with Crippen LogP contribution >= 0.6 is 23.2 Å². The van der Waals surface area contributed by atoms with Crippen LogP contribution in [-0.2, 0) is 6.42 Å². The highest BCUT2D eigenvalue weighted by molar-refractivity contribution is 6.42. The summed E-state index contributed by atoms with van der Waals surface area (Å²) in [7, 11) is 0. The first-order chi connectivity index (χ1) is 9.04. The lowest BCUT2D eigenvalue weighted by Gasteiger charge is -2.33.